The van der Waals surface area contributed by atoms with Gasteiger partial charge in [-0.2, -0.15) is 0 Å². The number of hydrogen-bond donors (Lipinski definition) is 3. The molecule has 0 fully saturated rings. The predicted octanol–water partition coefficient (Wildman–Crippen LogP) is 3.61. The van der Waals surface area contributed by atoms with Gasteiger partial charge < -0.3 is 26.0 Å². The van der Waals surface area contributed by atoms with Crippen LogP contribution in [0.1, 0.15) is 69.0 Å². The molecule has 202 valence electrons. The monoisotopic (exact) mass is 512 g/mol. The lowest BCUT2D eigenvalue weighted by molar-refractivity contribution is -0.121. The first-order valence-electron chi connectivity index (χ1n) is 12.5. The molecule has 3 amide bonds. The molecule has 0 aliphatic carbocycles. The number of benzene rings is 1. The van der Waals surface area contributed by atoms with Gasteiger partial charge in [-0.15, -0.1) is 0 Å². The summed E-state index contributed by atoms with van der Waals surface area (Å²) in [6.07, 6.45) is 1.42. The van der Waals surface area contributed by atoms with E-state index in [1.54, 1.807) is 20.8 Å². The SMILES string of the molecule is CCc1nc(C(N)=O)c(Nc2cccc(CCNC(=O)CN(C)C(=O)OC(C)(C)C)c2)nc1CC(C)C. The quantitative estimate of drug-likeness (QED) is 0.418. The van der Waals surface area contributed by atoms with Gasteiger partial charge in [-0.1, -0.05) is 32.9 Å². The highest BCUT2D eigenvalue weighted by Crippen LogP contribution is 2.22. The number of carbonyl (C=O) groups excluding carboxylic acids is 3. The van der Waals surface area contributed by atoms with Crippen molar-refractivity contribution in [3.8, 4) is 0 Å². The average molecular weight is 513 g/mol. The smallest absolute Gasteiger partial charge is 0.410 e. The third kappa shape index (κ3) is 9.70. The zero-order chi connectivity index (χ0) is 27.8. The Morgan fingerprint density at radius 1 is 1.14 bits per heavy atom. The lowest BCUT2D eigenvalue weighted by atomic mass is 10.0. The van der Waals surface area contributed by atoms with E-state index in [9.17, 15) is 14.4 Å². The fourth-order valence-corrected chi connectivity index (χ4v) is 3.56. The molecule has 0 atom stereocenters. The second-order valence-electron chi connectivity index (χ2n) is 10.4. The number of rotatable bonds is 11. The minimum absolute atomic E-state index is 0.0997. The number of aromatic nitrogens is 2. The first-order chi connectivity index (χ1) is 17.3. The van der Waals surface area contributed by atoms with E-state index < -0.39 is 17.6 Å². The molecule has 1 heterocycles. The second-order valence-corrected chi connectivity index (χ2v) is 10.4. The molecule has 0 aliphatic heterocycles. The van der Waals surface area contributed by atoms with Crippen LogP contribution < -0.4 is 16.4 Å². The lowest BCUT2D eigenvalue weighted by Gasteiger charge is -2.24. The Kier molecular flexibility index (Phi) is 10.4. The largest absolute Gasteiger partial charge is 0.444 e. The topological polar surface area (TPSA) is 140 Å². The van der Waals surface area contributed by atoms with Crippen molar-refractivity contribution in [1.82, 2.24) is 20.2 Å². The highest BCUT2D eigenvalue weighted by molar-refractivity contribution is 5.96. The number of amides is 3. The summed E-state index contributed by atoms with van der Waals surface area (Å²) in [4.78, 5) is 46.8. The Morgan fingerprint density at radius 3 is 2.43 bits per heavy atom. The van der Waals surface area contributed by atoms with Crippen molar-refractivity contribution < 1.29 is 19.1 Å². The molecule has 1 aromatic heterocycles. The van der Waals surface area contributed by atoms with Gasteiger partial charge in [0.25, 0.3) is 5.91 Å². The molecule has 10 heteroatoms. The molecule has 0 radical (unpaired) electrons. The Balaban J connectivity index is 2.04. The van der Waals surface area contributed by atoms with Gasteiger partial charge in [0.1, 0.15) is 12.1 Å². The molecule has 0 saturated carbocycles. The molecule has 2 aromatic rings. The molecule has 4 N–H and O–H groups in total. The van der Waals surface area contributed by atoms with E-state index in [4.69, 9.17) is 15.5 Å². The molecule has 2 rings (SSSR count). The highest BCUT2D eigenvalue weighted by Gasteiger charge is 2.21. The lowest BCUT2D eigenvalue weighted by Crippen LogP contribution is -2.41. The minimum atomic E-state index is -0.643. The second kappa shape index (κ2) is 13.0. The summed E-state index contributed by atoms with van der Waals surface area (Å²) in [6, 6.07) is 7.60. The summed E-state index contributed by atoms with van der Waals surface area (Å²) in [5, 5.41) is 6.01. The van der Waals surface area contributed by atoms with E-state index in [0.717, 1.165) is 29.1 Å². The van der Waals surface area contributed by atoms with Gasteiger partial charge in [-0.25, -0.2) is 14.8 Å². The van der Waals surface area contributed by atoms with Crippen LogP contribution in [0.5, 0.6) is 0 Å². The summed E-state index contributed by atoms with van der Waals surface area (Å²) in [7, 11) is 1.52. The van der Waals surface area contributed by atoms with E-state index in [0.29, 0.717) is 31.1 Å². The van der Waals surface area contributed by atoms with E-state index in [-0.39, 0.29) is 18.1 Å². The van der Waals surface area contributed by atoms with Crippen LogP contribution in [0.25, 0.3) is 0 Å². The van der Waals surface area contributed by atoms with Gasteiger partial charge in [-0.05, 0) is 63.6 Å². The van der Waals surface area contributed by atoms with Crippen LogP contribution in [0.15, 0.2) is 24.3 Å². The van der Waals surface area contributed by atoms with E-state index in [2.05, 4.69) is 29.5 Å². The predicted molar refractivity (Wildman–Crippen MR) is 144 cm³/mol. The van der Waals surface area contributed by atoms with Gasteiger partial charge in [0.05, 0.1) is 11.4 Å². The Hall–Kier alpha value is -3.69. The summed E-state index contributed by atoms with van der Waals surface area (Å²) in [5.41, 5.74) is 8.39. The van der Waals surface area contributed by atoms with Crippen molar-refractivity contribution in [3.63, 3.8) is 0 Å². The van der Waals surface area contributed by atoms with Gasteiger partial charge in [0, 0.05) is 19.3 Å². The first-order valence-corrected chi connectivity index (χ1v) is 12.5. The summed E-state index contributed by atoms with van der Waals surface area (Å²) >= 11 is 0. The van der Waals surface area contributed by atoms with Crippen LogP contribution in [0, 0.1) is 5.92 Å². The van der Waals surface area contributed by atoms with Crippen LogP contribution in [0.4, 0.5) is 16.3 Å². The van der Waals surface area contributed by atoms with Crippen LogP contribution in [0.2, 0.25) is 0 Å². The number of hydrogen-bond acceptors (Lipinski definition) is 7. The molecule has 37 heavy (non-hydrogen) atoms. The fourth-order valence-electron chi connectivity index (χ4n) is 3.56. The van der Waals surface area contributed by atoms with Gasteiger partial charge in [0.15, 0.2) is 11.5 Å². The number of nitrogens with two attached hydrogens (primary N) is 1. The maximum atomic E-state index is 12.3. The number of carbonyl (C=O) groups is 3. The average Bonchev–Trinajstić information content (AvgIpc) is 2.77. The molecule has 1 aromatic carbocycles. The maximum absolute atomic E-state index is 12.3. The first kappa shape index (κ1) is 29.5. The number of primary amides is 1. The zero-order valence-electron chi connectivity index (χ0n) is 23.0. The van der Waals surface area contributed by atoms with Crippen molar-refractivity contribution in [3.05, 3.63) is 46.9 Å². The van der Waals surface area contributed by atoms with Crippen LogP contribution in [-0.4, -0.2) is 58.5 Å². The number of ether oxygens (including phenoxy) is 1. The molecular formula is C27H40N6O4. The van der Waals surface area contributed by atoms with E-state index in [1.165, 1.54) is 11.9 Å². The molecule has 0 saturated heterocycles. The molecule has 0 spiro atoms. The maximum Gasteiger partial charge on any atom is 0.410 e. The molecular weight excluding hydrogens is 472 g/mol. The van der Waals surface area contributed by atoms with Gasteiger partial charge in [0.2, 0.25) is 5.91 Å². The number of nitrogens with one attached hydrogen (secondary N) is 2. The Bertz CT molecular complexity index is 1110. The van der Waals surface area contributed by atoms with Crippen molar-refractivity contribution in [2.45, 2.75) is 66.4 Å². The number of aryl methyl sites for hydroxylation is 1. The van der Waals surface area contributed by atoms with Crippen LogP contribution >= 0.6 is 0 Å². The number of nitrogens with zero attached hydrogens (tertiary/aromatic N) is 3. The van der Waals surface area contributed by atoms with E-state index in [1.807, 2.05) is 31.2 Å². The number of likely N-dealkylation sites (N-methyl/N-ethyl adjacent to an activating group) is 1. The van der Waals surface area contributed by atoms with Gasteiger partial charge >= 0.3 is 6.09 Å². The minimum Gasteiger partial charge on any atom is -0.444 e. The normalized spacial score (nSPS) is 11.2. The standard InChI is InChI=1S/C27H40N6O4/c1-8-20-21(14-17(2)3)32-25(23(31-20)24(28)35)30-19-11-9-10-18(15-19)12-13-29-22(34)16-33(7)26(36)37-27(4,5)6/h9-11,15,17H,8,12-14,16H2,1-7H3,(H2,28,35)(H,29,34)(H,30,32). The molecule has 0 aliphatic rings. The Morgan fingerprint density at radius 2 is 1.84 bits per heavy atom. The summed E-state index contributed by atoms with van der Waals surface area (Å²) in [5.74, 6) is -0.209. The number of anilines is 2. The van der Waals surface area contributed by atoms with Crippen LogP contribution in [0.3, 0.4) is 0 Å². The molecule has 0 bridgehead atoms. The summed E-state index contributed by atoms with van der Waals surface area (Å²) < 4.78 is 5.26. The Labute approximate surface area is 219 Å². The van der Waals surface area contributed by atoms with E-state index >= 15 is 0 Å². The van der Waals surface area contributed by atoms with Crippen molar-refractivity contribution in [2.75, 3.05) is 25.5 Å². The molecule has 0 unspecified atom stereocenters. The van der Waals surface area contributed by atoms with Gasteiger partial charge in [-0.3, -0.25) is 9.59 Å². The highest BCUT2D eigenvalue weighted by atomic mass is 16.6. The van der Waals surface area contributed by atoms with Crippen molar-refractivity contribution >= 4 is 29.4 Å². The fraction of sp³-hybridized carbons (Fsp3) is 0.519. The molecule has 10 nitrogen and oxygen atoms in total. The van der Waals surface area contributed by atoms with Crippen molar-refractivity contribution in [2.24, 2.45) is 11.7 Å². The van der Waals surface area contributed by atoms with Crippen molar-refractivity contribution in [1.29, 1.82) is 0 Å². The third-order valence-corrected chi connectivity index (χ3v) is 5.23. The third-order valence-electron chi connectivity index (χ3n) is 5.23. The summed E-state index contributed by atoms with van der Waals surface area (Å²) in [6.45, 7) is 11.8. The van der Waals surface area contributed by atoms with Crippen LogP contribution in [-0.2, 0) is 28.8 Å². The zero-order valence-corrected chi connectivity index (χ0v) is 23.0.